The van der Waals surface area contributed by atoms with Crippen LogP contribution in [0.5, 0.6) is 5.75 Å². The molecule has 5 heteroatoms. The molecule has 0 amide bonds. The molecule has 0 spiro atoms. The van der Waals surface area contributed by atoms with Crippen molar-refractivity contribution in [2.24, 2.45) is 0 Å². The van der Waals surface area contributed by atoms with E-state index in [1.54, 1.807) is 24.3 Å². The summed E-state index contributed by atoms with van der Waals surface area (Å²) in [6.07, 6.45) is 2.27. The van der Waals surface area contributed by atoms with Gasteiger partial charge in [0.15, 0.2) is 0 Å². The number of hydrogen-bond donors (Lipinski definition) is 2. The second-order valence-electron chi connectivity index (χ2n) is 5.73. The number of nitrogens with zero attached hydrogens (tertiary/aromatic N) is 2. The van der Waals surface area contributed by atoms with Gasteiger partial charge in [0, 0.05) is 17.7 Å². The Hall–Kier alpha value is -2.66. The van der Waals surface area contributed by atoms with Crippen molar-refractivity contribution in [3.05, 3.63) is 53.6 Å². The lowest BCUT2D eigenvalue weighted by atomic mass is 10.0. The van der Waals surface area contributed by atoms with E-state index in [1.807, 2.05) is 6.07 Å². The van der Waals surface area contributed by atoms with Crippen LogP contribution < -0.4 is 5.32 Å². The van der Waals surface area contributed by atoms with Crippen molar-refractivity contribution < 1.29 is 9.63 Å². The highest BCUT2D eigenvalue weighted by Gasteiger charge is 2.14. The van der Waals surface area contributed by atoms with Gasteiger partial charge in [0.1, 0.15) is 5.75 Å². The number of phenols is 1. The van der Waals surface area contributed by atoms with Gasteiger partial charge in [-0.2, -0.15) is 4.98 Å². The molecule has 23 heavy (non-hydrogen) atoms. The predicted octanol–water partition coefficient (Wildman–Crippen LogP) is 3.15. The molecule has 3 aromatic rings. The zero-order valence-corrected chi connectivity index (χ0v) is 12.6. The van der Waals surface area contributed by atoms with Gasteiger partial charge in [-0.3, -0.25) is 0 Å². The summed E-state index contributed by atoms with van der Waals surface area (Å²) < 4.78 is 5.41. The Kier molecular flexibility index (Phi) is 3.55. The molecule has 116 valence electrons. The number of nitrogens with one attached hydrogen (secondary N) is 1. The molecule has 0 aliphatic carbocycles. The van der Waals surface area contributed by atoms with E-state index in [1.165, 1.54) is 11.1 Å². The first kappa shape index (κ1) is 14.0. The van der Waals surface area contributed by atoms with E-state index in [0.29, 0.717) is 11.7 Å². The van der Waals surface area contributed by atoms with E-state index in [9.17, 15) is 5.11 Å². The van der Waals surface area contributed by atoms with Crippen LogP contribution in [-0.2, 0) is 13.0 Å². The lowest BCUT2D eigenvalue weighted by Gasteiger charge is -2.06. The maximum atomic E-state index is 9.35. The summed E-state index contributed by atoms with van der Waals surface area (Å²) in [6.45, 7) is 1.93. The summed E-state index contributed by atoms with van der Waals surface area (Å²) in [6, 6.07) is 13.1. The van der Waals surface area contributed by atoms with Crippen LogP contribution >= 0.6 is 0 Å². The maximum absolute atomic E-state index is 9.35. The van der Waals surface area contributed by atoms with Gasteiger partial charge in [-0.25, -0.2) is 0 Å². The molecule has 1 aliphatic rings. The third kappa shape index (κ3) is 2.83. The quantitative estimate of drug-likeness (QED) is 0.761. The van der Waals surface area contributed by atoms with Crippen LogP contribution in [0.25, 0.3) is 22.8 Å². The monoisotopic (exact) mass is 307 g/mol. The Bertz CT molecular complexity index is 825. The second-order valence-corrected chi connectivity index (χ2v) is 5.73. The van der Waals surface area contributed by atoms with Crippen molar-refractivity contribution in [2.45, 2.75) is 19.4 Å². The first-order valence-corrected chi connectivity index (χ1v) is 7.75. The third-order valence-corrected chi connectivity index (χ3v) is 4.12. The van der Waals surface area contributed by atoms with Crippen LogP contribution in [0.1, 0.15) is 17.5 Å². The smallest absolute Gasteiger partial charge is 0.258 e. The Morgan fingerprint density at radius 3 is 2.70 bits per heavy atom. The van der Waals surface area contributed by atoms with Crippen LogP contribution in [0.15, 0.2) is 47.0 Å². The second kappa shape index (κ2) is 5.85. The highest BCUT2D eigenvalue weighted by molar-refractivity contribution is 5.61. The normalized spacial score (nSPS) is 14.3. The Morgan fingerprint density at radius 2 is 1.83 bits per heavy atom. The fourth-order valence-electron chi connectivity index (χ4n) is 2.86. The third-order valence-electron chi connectivity index (χ3n) is 4.12. The number of hydrogen-bond acceptors (Lipinski definition) is 5. The molecule has 0 bridgehead atoms. The number of benzene rings is 2. The molecule has 1 aliphatic heterocycles. The van der Waals surface area contributed by atoms with Crippen molar-refractivity contribution in [1.82, 2.24) is 15.5 Å². The van der Waals surface area contributed by atoms with E-state index in [-0.39, 0.29) is 5.75 Å². The van der Waals surface area contributed by atoms with Gasteiger partial charge in [-0.05, 0) is 66.9 Å². The van der Waals surface area contributed by atoms with Crippen molar-refractivity contribution in [1.29, 1.82) is 0 Å². The minimum absolute atomic E-state index is 0.218. The summed E-state index contributed by atoms with van der Waals surface area (Å²) in [5, 5.41) is 16.8. The van der Waals surface area contributed by atoms with Crippen molar-refractivity contribution in [3.63, 3.8) is 0 Å². The van der Waals surface area contributed by atoms with Gasteiger partial charge in [-0.15, -0.1) is 0 Å². The van der Waals surface area contributed by atoms with E-state index in [4.69, 9.17) is 4.52 Å². The number of fused-ring (bicyclic) bond motifs is 1. The molecule has 0 atom stereocenters. The summed E-state index contributed by atoms with van der Waals surface area (Å²) in [7, 11) is 0. The van der Waals surface area contributed by atoms with Gasteiger partial charge in [-0.1, -0.05) is 11.2 Å². The predicted molar refractivity (Wildman–Crippen MR) is 86.9 cm³/mol. The molecule has 0 unspecified atom stereocenters. The van der Waals surface area contributed by atoms with E-state index < -0.39 is 0 Å². The number of rotatable bonds is 2. The van der Waals surface area contributed by atoms with Crippen LogP contribution in [0, 0.1) is 0 Å². The Morgan fingerprint density at radius 1 is 1.00 bits per heavy atom. The highest BCUT2D eigenvalue weighted by Crippen LogP contribution is 2.26. The highest BCUT2D eigenvalue weighted by atomic mass is 16.5. The molecule has 0 fully saturated rings. The average Bonchev–Trinajstić information content (AvgIpc) is 2.94. The summed E-state index contributed by atoms with van der Waals surface area (Å²) in [5.74, 6) is 1.25. The minimum atomic E-state index is 0.218. The molecule has 5 nitrogen and oxygen atoms in total. The SMILES string of the molecule is Oc1ccc(-c2noc(-c3ccc4c(c3)CNCCC4)n2)cc1. The maximum Gasteiger partial charge on any atom is 0.258 e. The number of aromatic hydroxyl groups is 1. The van der Waals surface area contributed by atoms with E-state index in [2.05, 4.69) is 27.6 Å². The Balaban J connectivity index is 1.66. The summed E-state index contributed by atoms with van der Waals surface area (Å²) >= 11 is 0. The molecular formula is C18H17N3O2. The van der Waals surface area contributed by atoms with Gasteiger partial charge in [0.05, 0.1) is 0 Å². The molecule has 2 heterocycles. The largest absolute Gasteiger partial charge is 0.508 e. The minimum Gasteiger partial charge on any atom is -0.508 e. The lowest BCUT2D eigenvalue weighted by molar-refractivity contribution is 0.432. The molecule has 1 aromatic heterocycles. The van der Waals surface area contributed by atoms with Crippen LogP contribution in [0.2, 0.25) is 0 Å². The standard InChI is InChI=1S/C18H17N3O2/c22-16-7-5-13(6-8-16)17-20-18(23-21-17)14-4-3-12-2-1-9-19-11-15(12)10-14/h3-8,10,19,22H,1-2,9,11H2. The first-order chi connectivity index (χ1) is 11.3. The number of aryl methyl sites for hydroxylation is 1. The lowest BCUT2D eigenvalue weighted by Crippen LogP contribution is -2.11. The fourth-order valence-corrected chi connectivity index (χ4v) is 2.86. The average molecular weight is 307 g/mol. The van der Waals surface area contributed by atoms with Crippen molar-refractivity contribution in [3.8, 4) is 28.6 Å². The molecule has 2 N–H and O–H groups in total. The first-order valence-electron chi connectivity index (χ1n) is 7.75. The van der Waals surface area contributed by atoms with E-state index in [0.717, 1.165) is 37.1 Å². The molecule has 0 saturated carbocycles. The van der Waals surface area contributed by atoms with Crippen molar-refractivity contribution >= 4 is 0 Å². The zero-order valence-electron chi connectivity index (χ0n) is 12.6. The molecule has 0 saturated heterocycles. The Labute approximate surface area is 134 Å². The molecule has 0 radical (unpaired) electrons. The number of phenolic OH excluding ortho intramolecular Hbond substituents is 1. The topological polar surface area (TPSA) is 71.2 Å². The molecular weight excluding hydrogens is 290 g/mol. The van der Waals surface area contributed by atoms with Gasteiger partial charge in [0.2, 0.25) is 5.82 Å². The molecule has 2 aromatic carbocycles. The summed E-state index contributed by atoms with van der Waals surface area (Å²) in [4.78, 5) is 4.47. The van der Waals surface area contributed by atoms with Crippen molar-refractivity contribution in [2.75, 3.05) is 6.54 Å². The van der Waals surface area contributed by atoms with Crippen LogP contribution in [-0.4, -0.2) is 21.8 Å². The van der Waals surface area contributed by atoms with Gasteiger partial charge in [0.25, 0.3) is 5.89 Å². The van der Waals surface area contributed by atoms with E-state index >= 15 is 0 Å². The van der Waals surface area contributed by atoms with Gasteiger partial charge < -0.3 is 14.9 Å². The zero-order chi connectivity index (χ0) is 15.6. The van der Waals surface area contributed by atoms with Gasteiger partial charge >= 0.3 is 0 Å². The molecule has 4 rings (SSSR count). The van der Waals surface area contributed by atoms with Crippen LogP contribution in [0.3, 0.4) is 0 Å². The van der Waals surface area contributed by atoms with Crippen LogP contribution in [0.4, 0.5) is 0 Å². The summed E-state index contributed by atoms with van der Waals surface area (Å²) in [5.41, 5.74) is 4.43. The number of aromatic nitrogens is 2. The fraction of sp³-hybridized carbons (Fsp3) is 0.222.